The summed E-state index contributed by atoms with van der Waals surface area (Å²) in [5.74, 6) is 1.95. The highest BCUT2D eigenvalue weighted by atomic mass is 16.3. The predicted octanol–water partition coefficient (Wildman–Crippen LogP) is 2.14. The van der Waals surface area contributed by atoms with E-state index in [0.717, 1.165) is 24.6 Å². The van der Waals surface area contributed by atoms with Crippen LogP contribution in [0, 0.1) is 5.92 Å². The van der Waals surface area contributed by atoms with Crippen molar-refractivity contribution in [3.05, 3.63) is 24.2 Å². The summed E-state index contributed by atoms with van der Waals surface area (Å²) in [5.41, 5.74) is 0. The van der Waals surface area contributed by atoms with Gasteiger partial charge in [-0.15, -0.1) is 0 Å². The number of nitrogens with zero attached hydrogens (tertiary/aromatic N) is 1. The highest BCUT2D eigenvalue weighted by molar-refractivity contribution is 4.98. The maximum absolute atomic E-state index is 5.38. The summed E-state index contributed by atoms with van der Waals surface area (Å²) in [7, 11) is 2.04. The number of hydrogen-bond acceptors (Lipinski definition) is 3. The summed E-state index contributed by atoms with van der Waals surface area (Å²) in [5, 5.41) is 3.28. The first-order valence-corrected chi connectivity index (χ1v) is 6.70. The molecular formula is C14H24N2O. The average molecular weight is 236 g/mol. The van der Waals surface area contributed by atoms with Gasteiger partial charge in [-0.05, 0) is 58.0 Å². The van der Waals surface area contributed by atoms with Crippen LogP contribution >= 0.6 is 0 Å². The van der Waals surface area contributed by atoms with Crippen LogP contribution in [0.2, 0.25) is 0 Å². The van der Waals surface area contributed by atoms with Gasteiger partial charge in [-0.1, -0.05) is 0 Å². The summed E-state index contributed by atoms with van der Waals surface area (Å²) >= 11 is 0. The highest BCUT2D eigenvalue weighted by Gasteiger charge is 2.25. The molecule has 17 heavy (non-hydrogen) atoms. The lowest BCUT2D eigenvalue weighted by atomic mass is 10.1. The molecule has 1 aliphatic rings. The molecule has 1 N–H and O–H groups in total. The molecule has 1 fully saturated rings. The minimum Gasteiger partial charge on any atom is -0.469 e. The smallest absolute Gasteiger partial charge is 0.103 e. The summed E-state index contributed by atoms with van der Waals surface area (Å²) < 4.78 is 5.38. The van der Waals surface area contributed by atoms with Gasteiger partial charge in [-0.2, -0.15) is 0 Å². The van der Waals surface area contributed by atoms with Crippen LogP contribution in [0.25, 0.3) is 0 Å². The van der Waals surface area contributed by atoms with E-state index >= 15 is 0 Å². The van der Waals surface area contributed by atoms with E-state index in [9.17, 15) is 0 Å². The monoisotopic (exact) mass is 236 g/mol. The SMILES string of the molecule is CNCC1CCN(C(C)CCc2ccco2)C1. The zero-order valence-electron chi connectivity index (χ0n) is 11.0. The minimum absolute atomic E-state index is 0.668. The van der Waals surface area contributed by atoms with Gasteiger partial charge in [0.2, 0.25) is 0 Å². The third-order valence-electron chi connectivity index (χ3n) is 3.82. The molecule has 1 aromatic heterocycles. The Bertz CT molecular complexity index is 310. The van der Waals surface area contributed by atoms with Crippen molar-refractivity contribution >= 4 is 0 Å². The van der Waals surface area contributed by atoms with Crippen LogP contribution in [0.5, 0.6) is 0 Å². The molecular weight excluding hydrogens is 212 g/mol. The Balaban J connectivity index is 1.71. The maximum atomic E-state index is 5.38. The molecule has 3 nitrogen and oxygen atoms in total. The normalized spacial score (nSPS) is 23.1. The predicted molar refractivity (Wildman–Crippen MR) is 70.1 cm³/mol. The maximum Gasteiger partial charge on any atom is 0.103 e. The molecule has 0 aromatic carbocycles. The quantitative estimate of drug-likeness (QED) is 0.820. The van der Waals surface area contributed by atoms with Gasteiger partial charge in [0.25, 0.3) is 0 Å². The van der Waals surface area contributed by atoms with Crippen molar-refractivity contribution in [1.82, 2.24) is 10.2 Å². The van der Waals surface area contributed by atoms with Crippen molar-refractivity contribution < 1.29 is 4.42 Å². The van der Waals surface area contributed by atoms with Crippen LogP contribution in [0.3, 0.4) is 0 Å². The van der Waals surface area contributed by atoms with Crippen LogP contribution in [-0.2, 0) is 6.42 Å². The standard InChI is InChI=1S/C14H24N2O/c1-12(5-6-14-4-3-9-17-14)16-8-7-13(11-16)10-15-2/h3-4,9,12-13,15H,5-8,10-11H2,1-2H3. The second-order valence-corrected chi connectivity index (χ2v) is 5.17. The Labute approximate surface area is 104 Å². The minimum atomic E-state index is 0.668. The largest absolute Gasteiger partial charge is 0.469 e. The van der Waals surface area contributed by atoms with Crippen LogP contribution in [-0.4, -0.2) is 37.6 Å². The van der Waals surface area contributed by atoms with Crippen LogP contribution in [0.15, 0.2) is 22.8 Å². The number of furan rings is 1. The topological polar surface area (TPSA) is 28.4 Å². The molecule has 3 heteroatoms. The Kier molecular flexibility index (Phi) is 4.63. The zero-order chi connectivity index (χ0) is 12.1. The molecule has 0 radical (unpaired) electrons. The van der Waals surface area contributed by atoms with Gasteiger partial charge in [-0.25, -0.2) is 0 Å². The van der Waals surface area contributed by atoms with Gasteiger partial charge in [0, 0.05) is 19.0 Å². The summed E-state index contributed by atoms with van der Waals surface area (Å²) in [6, 6.07) is 4.71. The molecule has 96 valence electrons. The van der Waals surface area contributed by atoms with E-state index in [1.807, 2.05) is 13.1 Å². The molecule has 0 spiro atoms. The van der Waals surface area contributed by atoms with Crippen molar-refractivity contribution in [2.45, 2.75) is 32.2 Å². The first kappa shape index (κ1) is 12.7. The fourth-order valence-corrected chi connectivity index (χ4v) is 2.71. The first-order valence-electron chi connectivity index (χ1n) is 6.70. The molecule has 1 saturated heterocycles. The molecule has 1 aromatic rings. The van der Waals surface area contributed by atoms with Crippen molar-refractivity contribution in [3.8, 4) is 0 Å². The van der Waals surface area contributed by atoms with E-state index in [1.54, 1.807) is 6.26 Å². The van der Waals surface area contributed by atoms with Gasteiger partial charge in [-0.3, -0.25) is 0 Å². The van der Waals surface area contributed by atoms with E-state index in [4.69, 9.17) is 4.42 Å². The molecule has 0 bridgehead atoms. The van der Waals surface area contributed by atoms with Crippen molar-refractivity contribution in [2.75, 3.05) is 26.7 Å². The van der Waals surface area contributed by atoms with E-state index in [-0.39, 0.29) is 0 Å². The van der Waals surface area contributed by atoms with Crippen molar-refractivity contribution in [3.63, 3.8) is 0 Å². The summed E-state index contributed by atoms with van der Waals surface area (Å²) in [6.45, 7) is 6.00. The fraction of sp³-hybridized carbons (Fsp3) is 0.714. The van der Waals surface area contributed by atoms with Crippen LogP contribution < -0.4 is 5.32 Å². The third kappa shape index (κ3) is 3.58. The first-order chi connectivity index (χ1) is 8.29. The molecule has 1 aliphatic heterocycles. The number of rotatable bonds is 6. The van der Waals surface area contributed by atoms with Crippen LogP contribution in [0.4, 0.5) is 0 Å². The van der Waals surface area contributed by atoms with Crippen molar-refractivity contribution in [2.24, 2.45) is 5.92 Å². The van der Waals surface area contributed by atoms with E-state index in [0.29, 0.717) is 6.04 Å². The van der Waals surface area contributed by atoms with Gasteiger partial charge < -0.3 is 14.6 Å². The molecule has 0 aliphatic carbocycles. The Morgan fingerprint density at radius 2 is 2.47 bits per heavy atom. The molecule has 2 atom stereocenters. The molecule has 2 unspecified atom stereocenters. The second-order valence-electron chi connectivity index (χ2n) is 5.17. The molecule has 2 heterocycles. The molecule has 0 saturated carbocycles. The highest BCUT2D eigenvalue weighted by Crippen LogP contribution is 2.20. The average Bonchev–Trinajstić information content (AvgIpc) is 2.97. The lowest BCUT2D eigenvalue weighted by Crippen LogP contribution is -2.32. The zero-order valence-corrected chi connectivity index (χ0v) is 11.0. The molecule has 0 amide bonds. The van der Waals surface area contributed by atoms with Gasteiger partial charge in [0.15, 0.2) is 0 Å². The van der Waals surface area contributed by atoms with E-state index in [1.165, 1.54) is 25.9 Å². The third-order valence-corrected chi connectivity index (χ3v) is 3.82. The Morgan fingerprint density at radius 1 is 1.59 bits per heavy atom. The number of nitrogens with one attached hydrogen (secondary N) is 1. The number of likely N-dealkylation sites (tertiary alicyclic amines) is 1. The van der Waals surface area contributed by atoms with E-state index < -0.39 is 0 Å². The lowest BCUT2D eigenvalue weighted by molar-refractivity contribution is 0.235. The van der Waals surface area contributed by atoms with E-state index in [2.05, 4.69) is 23.2 Å². The Hall–Kier alpha value is -0.800. The lowest BCUT2D eigenvalue weighted by Gasteiger charge is -2.24. The van der Waals surface area contributed by atoms with Gasteiger partial charge >= 0.3 is 0 Å². The second kappa shape index (κ2) is 6.22. The van der Waals surface area contributed by atoms with Gasteiger partial charge in [0.1, 0.15) is 5.76 Å². The Morgan fingerprint density at radius 3 is 3.18 bits per heavy atom. The summed E-state index contributed by atoms with van der Waals surface area (Å²) in [6.07, 6.45) is 5.35. The van der Waals surface area contributed by atoms with Gasteiger partial charge in [0.05, 0.1) is 6.26 Å². The molecule has 2 rings (SSSR count). The fourth-order valence-electron chi connectivity index (χ4n) is 2.71. The number of aryl methyl sites for hydroxylation is 1. The van der Waals surface area contributed by atoms with Crippen molar-refractivity contribution in [1.29, 1.82) is 0 Å². The van der Waals surface area contributed by atoms with Crippen LogP contribution in [0.1, 0.15) is 25.5 Å². The summed E-state index contributed by atoms with van der Waals surface area (Å²) in [4.78, 5) is 2.62. The number of hydrogen-bond donors (Lipinski definition) is 1.